The SMILES string of the molecule is Cn1cc(NC(=O)c2cnn3ccc(N[C@@H]4CS(=O)(=O)CC[C@@H]4N)nc23)c(C(N)=O)n1. The van der Waals surface area contributed by atoms with Crippen LogP contribution in [0.15, 0.2) is 24.7 Å². The molecule has 31 heavy (non-hydrogen) atoms. The van der Waals surface area contributed by atoms with Crippen molar-refractivity contribution >= 4 is 38.8 Å². The van der Waals surface area contributed by atoms with Gasteiger partial charge in [-0.2, -0.15) is 10.2 Å². The summed E-state index contributed by atoms with van der Waals surface area (Å²) in [6.07, 6.45) is 4.73. The van der Waals surface area contributed by atoms with Gasteiger partial charge in [0.1, 0.15) is 11.4 Å². The minimum atomic E-state index is -3.18. The Bertz CT molecular complexity index is 1280. The highest BCUT2D eigenvalue weighted by Crippen LogP contribution is 2.19. The van der Waals surface area contributed by atoms with E-state index in [4.69, 9.17) is 11.5 Å². The summed E-state index contributed by atoms with van der Waals surface area (Å²) in [7, 11) is -1.59. The van der Waals surface area contributed by atoms with Crippen LogP contribution in [-0.4, -0.2) is 68.2 Å². The number of hydrogen-bond acceptors (Lipinski definition) is 9. The predicted octanol–water partition coefficient (Wildman–Crippen LogP) is -1.26. The Balaban J connectivity index is 1.60. The highest BCUT2D eigenvalue weighted by molar-refractivity contribution is 7.91. The topological polar surface area (TPSA) is 192 Å². The van der Waals surface area contributed by atoms with Gasteiger partial charge in [0.25, 0.3) is 11.8 Å². The molecule has 6 N–H and O–H groups in total. The first-order valence-corrected chi connectivity index (χ1v) is 11.2. The number of aryl methyl sites for hydroxylation is 1. The van der Waals surface area contributed by atoms with Gasteiger partial charge in [0.05, 0.1) is 29.4 Å². The lowest BCUT2D eigenvalue weighted by Crippen LogP contribution is -2.50. The fourth-order valence-electron chi connectivity index (χ4n) is 3.40. The highest BCUT2D eigenvalue weighted by atomic mass is 32.2. The fraction of sp³-hybridized carbons (Fsp3) is 0.353. The van der Waals surface area contributed by atoms with Crippen molar-refractivity contribution in [2.75, 3.05) is 22.1 Å². The lowest BCUT2D eigenvalue weighted by Gasteiger charge is -2.29. The second kappa shape index (κ2) is 7.63. The van der Waals surface area contributed by atoms with Crippen molar-refractivity contribution in [2.24, 2.45) is 18.5 Å². The molecule has 1 aliphatic rings. The Morgan fingerprint density at radius 2 is 2.10 bits per heavy atom. The maximum absolute atomic E-state index is 12.8. The molecule has 0 aliphatic carbocycles. The van der Waals surface area contributed by atoms with Crippen LogP contribution in [0.5, 0.6) is 0 Å². The molecule has 4 rings (SSSR count). The van der Waals surface area contributed by atoms with Crippen LogP contribution < -0.4 is 22.1 Å². The Morgan fingerprint density at radius 1 is 1.32 bits per heavy atom. The standard InChI is InChI=1S/C17H21N9O4S/c1-25-7-11(14(24-25)15(19)27)22-17(28)9-6-20-26-4-2-13(23-16(9)26)21-12-8-31(29,30)5-3-10(12)18/h2,4,6-7,10,12H,3,5,8,18H2,1H3,(H2,19,27)(H,21,23)(H,22,28)/t10-,12+/m0/s1. The smallest absolute Gasteiger partial charge is 0.271 e. The van der Waals surface area contributed by atoms with Crippen LogP contribution in [0, 0.1) is 0 Å². The summed E-state index contributed by atoms with van der Waals surface area (Å²) in [5.74, 6) is -1.01. The monoisotopic (exact) mass is 447 g/mol. The maximum Gasteiger partial charge on any atom is 0.271 e. The molecule has 2 amide bonds. The van der Waals surface area contributed by atoms with Crippen molar-refractivity contribution in [2.45, 2.75) is 18.5 Å². The summed E-state index contributed by atoms with van der Waals surface area (Å²) in [5.41, 5.74) is 11.8. The first-order valence-electron chi connectivity index (χ1n) is 9.35. The number of nitrogens with one attached hydrogen (secondary N) is 2. The summed E-state index contributed by atoms with van der Waals surface area (Å²) < 4.78 is 26.6. The molecule has 3 aromatic heterocycles. The maximum atomic E-state index is 12.8. The van der Waals surface area contributed by atoms with Gasteiger partial charge in [-0.3, -0.25) is 14.3 Å². The number of rotatable bonds is 5. The molecule has 3 aromatic rings. The molecule has 0 saturated carbocycles. The average molecular weight is 447 g/mol. The van der Waals surface area contributed by atoms with E-state index in [1.165, 1.54) is 21.6 Å². The first kappa shape index (κ1) is 20.7. The fourth-order valence-corrected chi connectivity index (χ4v) is 5.07. The predicted molar refractivity (Wildman–Crippen MR) is 111 cm³/mol. The lowest BCUT2D eigenvalue weighted by atomic mass is 10.1. The molecule has 0 bridgehead atoms. The number of carbonyl (C=O) groups excluding carboxylic acids is 2. The van der Waals surface area contributed by atoms with Gasteiger partial charge in [0, 0.05) is 25.5 Å². The third-order valence-electron chi connectivity index (χ3n) is 4.97. The number of sulfone groups is 1. The van der Waals surface area contributed by atoms with E-state index in [1.807, 2.05) is 0 Å². The molecule has 2 atom stereocenters. The molecule has 1 aliphatic heterocycles. The lowest BCUT2D eigenvalue weighted by molar-refractivity contribution is 0.0995. The van der Waals surface area contributed by atoms with E-state index in [0.717, 1.165) is 0 Å². The Morgan fingerprint density at radius 3 is 2.84 bits per heavy atom. The number of carbonyl (C=O) groups is 2. The van der Waals surface area contributed by atoms with Crippen molar-refractivity contribution < 1.29 is 18.0 Å². The summed E-state index contributed by atoms with van der Waals surface area (Å²) in [6, 6.07) is 0.775. The van der Waals surface area contributed by atoms with E-state index in [0.29, 0.717) is 12.2 Å². The normalized spacial score (nSPS) is 20.5. The zero-order valence-electron chi connectivity index (χ0n) is 16.5. The van der Waals surface area contributed by atoms with Crippen LogP contribution in [0.3, 0.4) is 0 Å². The molecule has 1 saturated heterocycles. The molecule has 14 heteroatoms. The van der Waals surface area contributed by atoms with Crippen LogP contribution >= 0.6 is 0 Å². The number of nitrogens with two attached hydrogens (primary N) is 2. The van der Waals surface area contributed by atoms with E-state index in [2.05, 4.69) is 25.8 Å². The van der Waals surface area contributed by atoms with Crippen LogP contribution in [0.25, 0.3) is 5.65 Å². The highest BCUT2D eigenvalue weighted by Gasteiger charge is 2.31. The van der Waals surface area contributed by atoms with Crippen molar-refractivity contribution in [3.8, 4) is 0 Å². The van der Waals surface area contributed by atoms with Crippen molar-refractivity contribution in [1.29, 1.82) is 0 Å². The minimum Gasteiger partial charge on any atom is -0.365 e. The average Bonchev–Trinajstić information content (AvgIpc) is 3.27. The number of amides is 2. The Hall–Kier alpha value is -3.52. The van der Waals surface area contributed by atoms with Crippen LogP contribution in [-0.2, 0) is 16.9 Å². The third-order valence-corrected chi connectivity index (χ3v) is 6.69. The number of aromatic nitrogens is 5. The molecule has 0 unspecified atom stereocenters. The van der Waals surface area contributed by atoms with Gasteiger partial charge in [-0.05, 0) is 12.5 Å². The summed E-state index contributed by atoms with van der Waals surface area (Å²) >= 11 is 0. The summed E-state index contributed by atoms with van der Waals surface area (Å²) in [4.78, 5) is 28.7. The molecular formula is C17H21N9O4S. The molecular weight excluding hydrogens is 426 g/mol. The molecule has 1 fully saturated rings. The summed E-state index contributed by atoms with van der Waals surface area (Å²) in [6.45, 7) is 0. The van der Waals surface area contributed by atoms with Gasteiger partial charge in [-0.1, -0.05) is 0 Å². The zero-order valence-corrected chi connectivity index (χ0v) is 17.3. The number of primary amides is 1. The van der Waals surface area contributed by atoms with Crippen LogP contribution in [0.4, 0.5) is 11.5 Å². The minimum absolute atomic E-state index is 0.0629. The Kier molecular flexibility index (Phi) is 5.10. The number of hydrogen-bond donors (Lipinski definition) is 4. The number of nitrogens with zero attached hydrogens (tertiary/aromatic N) is 5. The third kappa shape index (κ3) is 4.20. The van der Waals surface area contributed by atoms with Gasteiger partial charge < -0.3 is 22.1 Å². The quantitative estimate of drug-likeness (QED) is 0.369. The molecule has 0 radical (unpaired) electrons. The van der Waals surface area contributed by atoms with Gasteiger partial charge >= 0.3 is 0 Å². The molecule has 4 heterocycles. The molecule has 0 spiro atoms. The van der Waals surface area contributed by atoms with E-state index < -0.39 is 27.7 Å². The van der Waals surface area contributed by atoms with Gasteiger partial charge in [0.15, 0.2) is 21.2 Å². The zero-order chi connectivity index (χ0) is 22.3. The largest absolute Gasteiger partial charge is 0.365 e. The van der Waals surface area contributed by atoms with E-state index >= 15 is 0 Å². The second-order valence-electron chi connectivity index (χ2n) is 7.34. The molecule has 13 nitrogen and oxygen atoms in total. The number of fused-ring (bicyclic) bond motifs is 1. The summed E-state index contributed by atoms with van der Waals surface area (Å²) in [5, 5.41) is 13.7. The van der Waals surface area contributed by atoms with Gasteiger partial charge in [-0.25, -0.2) is 17.9 Å². The van der Waals surface area contributed by atoms with Crippen molar-refractivity contribution in [1.82, 2.24) is 24.4 Å². The van der Waals surface area contributed by atoms with Crippen molar-refractivity contribution in [3.63, 3.8) is 0 Å². The molecule has 0 aromatic carbocycles. The van der Waals surface area contributed by atoms with Gasteiger partial charge in [-0.15, -0.1) is 0 Å². The molecule has 164 valence electrons. The van der Waals surface area contributed by atoms with Gasteiger partial charge in [0.2, 0.25) is 0 Å². The van der Waals surface area contributed by atoms with E-state index in [1.54, 1.807) is 19.3 Å². The Labute approximate surface area is 176 Å². The van der Waals surface area contributed by atoms with Crippen LogP contribution in [0.2, 0.25) is 0 Å². The van der Waals surface area contributed by atoms with E-state index in [9.17, 15) is 18.0 Å². The van der Waals surface area contributed by atoms with Crippen LogP contribution in [0.1, 0.15) is 27.3 Å². The number of anilines is 2. The first-order chi connectivity index (χ1) is 14.6. The van der Waals surface area contributed by atoms with Crippen molar-refractivity contribution in [3.05, 3.63) is 35.9 Å². The second-order valence-corrected chi connectivity index (χ2v) is 9.57. The van der Waals surface area contributed by atoms with E-state index in [-0.39, 0.29) is 40.1 Å².